The Kier molecular flexibility index (Phi) is 7.14. The van der Waals surface area contributed by atoms with Crippen molar-refractivity contribution in [3.8, 4) is 11.5 Å². The number of hydrogen-bond donors (Lipinski definition) is 2. The van der Waals surface area contributed by atoms with Gasteiger partial charge in [0.25, 0.3) is 11.8 Å². The highest BCUT2D eigenvalue weighted by atomic mass is 19.1. The minimum absolute atomic E-state index is 0.117. The van der Waals surface area contributed by atoms with Gasteiger partial charge in [0.1, 0.15) is 5.75 Å². The van der Waals surface area contributed by atoms with Crippen molar-refractivity contribution < 1.29 is 23.5 Å². The molecule has 6 nitrogen and oxygen atoms in total. The van der Waals surface area contributed by atoms with E-state index in [9.17, 15) is 14.0 Å². The molecule has 2 aromatic carbocycles. The summed E-state index contributed by atoms with van der Waals surface area (Å²) in [7, 11) is 1.37. The monoisotopic (exact) mass is 386 g/mol. The molecular weight excluding hydrogens is 363 g/mol. The SMILES string of the molecule is COc1ccc(/C=C/C(=O)NNC(=O)[C@H](C)Oc2cccc(C)c2C)cc1F. The van der Waals surface area contributed by atoms with Crippen LogP contribution in [0.25, 0.3) is 6.08 Å². The Morgan fingerprint density at radius 1 is 1.11 bits per heavy atom. The molecule has 7 heteroatoms. The summed E-state index contributed by atoms with van der Waals surface area (Å²) in [6.07, 6.45) is 1.79. The maximum Gasteiger partial charge on any atom is 0.279 e. The molecule has 0 saturated heterocycles. The van der Waals surface area contributed by atoms with Crippen LogP contribution in [0.2, 0.25) is 0 Å². The van der Waals surface area contributed by atoms with Crippen molar-refractivity contribution in [1.82, 2.24) is 10.9 Å². The second-order valence-corrected chi connectivity index (χ2v) is 6.16. The Bertz CT molecular complexity index is 896. The normalized spacial score (nSPS) is 11.8. The van der Waals surface area contributed by atoms with Crippen molar-refractivity contribution >= 4 is 17.9 Å². The third kappa shape index (κ3) is 5.57. The van der Waals surface area contributed by atoms with Gasteiger partial charge in [-0.05, 0) is 61.7 Å². The van der Waals surface area contributed by atoms with Crippen molar-refractivity contribution in [3.05, 3.63) is 65.0 Å². The number of ether oxygens (including phenoxy) is 2. The largest absolute Gasteiger partial charge is 0.494 e. The van der Waals surface area contributed by atoms with E-state index in [-0.39, 0.29) is 5.75 Å². The molecule has 0 aliphatic rings. The lowest BCUT2D eigenvalue weighted by atomic mass is 10.1. The molecule has 0 spiro atoms. The molecule has 2 rings (SSSR count). The highest BCUT2D eigenvalue weighted by molar-refractivity contribution is 5.93. The van der Waals surface area contributed by atoms with Gasteiger partial charge in [-0.25, -0.2) is 4.39 Å². The summed E-state index contributed by atoms with van der Waals surface area (Å²) in [5.74, 6) is -0.875. The highest BCUT2D eigenvalue weighted by Gasteiger charge is 2.16. The number of aryl methyl sites for hydroxylation is 1. The van der Waals surface area contributed by atoms with Crippen molar-refractivity contribution in [1.29, 1.82) is 0 Å². The molecule has 0 bridgehead atoms. The second kappa shape index (κ2) is 9.55. The molecule has 0 unspecified atom stereocenters. The van der Waals surface area contributed by atoms with Gasteiger partial charge in [-0.1, -0.05) is 18.2 Å². The third-order valence-corrected chi connectivity index (χ3v) is 4.14. The topological polar surface area (TPSA) is 76.7 Å². The summed E-state index contributed by atoms with van der Waals surface area (Å²) in [4.78, 5) is 23.9. The lowest BCUT2D eigenvalue weighted by Crippen LogP contribution is -2.46. The number of hydrazine groups is 1. The van der Waals surface area contributed by atoms with Gasteiger partial charge in [-0.2, -0.15) is 0 Å². The second-order valence-electron chi connectivity index (χ2n) is 6.16. The molecule has 0 aromatic heterocycles. The zero-order valence-electron chi connectivity index (χ0n) is 16.2. The summed E-state index contributed by atoms with van der Waals surface area (Å²) < 4.78 is 24.1. The van der Waals surface area contributed by atoms with Crippen LogP contribution in [0.4, 0.5) is 4.39 Å². The van der Waals surface area contributed by atoms with Gasteiger partial charge in [0, 0.05) is 6.08 Å². The smallest absolute Gasteiger partial charge is 0.279 e. The molecule has 0 saturated carbocycles. The number of halogens is 1. The van der Waals surface area contributed by atoms with Crippen molar-refractivity contribution in [2.24, 2.45) is 0 Å². The van der Waals surface area contributed by atoms with Gasteiger partial charge in [0.05, 0.1) is 7.11 Å². The molecule has 148 valence electrons. The predicted molar refractivity (Wildman–Crippen MR) is 104 cm³/mol. The minimum Gasteiger partial charge on any atom is -0.494 e. The van der Waals surface area contributed by atoms with Gasteiger partial charge < -0.3 is 9.47 Å². The summed E-state index contributed by atoms with van der Waals surface area (Å²) in [5.41, 5.74) is 7.03. The van der Waals surface area contributed by atoms with Gasteiger partial charge >= 0.3 is 0 Å². The van der Waals surface area contributed by atoms with E-state index >= 15 is 0 Å². The molecule has 0 aliphatic carbocycles. The maximum absolute atomic E-state index is 13.6. The van der Waals surface area contributed by atoms with E-state index in [1.54, 1.807) is 19.1 Å². The standard InChI is InChI=1S/C21H23FN2O4/c1-13-6-5-7-18(14(13)2)28-15(3)21(26)24-23-20(25)11-9-16-8-10-19(27-4)17(22)12-16/h5-12,15H,1-4H3,(H,23,25)(H,24,26)/b11-9+/t15-/m0/s1. The molecule has 28 heavy (non-hydrogen) atoms. The predicted octanol–water partition coefficient (Wildman–Crippen LogP) is 3.08. The fourth-order valence-corrected chi connectivity index (χ4v) is 2.32. The van der Waals surface area contributed by atoms with E-state index in [1.807, 2.05) is 26.0 Å². The van der Waals surface area contributed by atoms with Gasteiger partial charge in [-0.3, -0.25) is 20.4 Å². The average molecular weight is 386 g/mol. The van der Waals surface area contributed by atoms with Gasteiger partial charge in [0.15, 0.2) is 17.7 Å². The van der Waals surface area contributed by atoms with Crippen LogP contribution in [-0.4, -0.2) is 25.0 Å². The third-order valence-electron chi connectivity index (χ3n) is 4.14. The van der Waals surface area contributed by atoms with Crippen LogP contribution in [0.1, 0.15) is 23.6 Å². The lowest BCUT2D eigenvalue weighted by molar-refractivity contribution is -0.131. The number of nitrogens with one attached hydrogen (secondary N) is 2. The van der Waals surface area contributed by atoms with E-state index in [2.05, 4.69) is 10.9 Å². The fraction of sp³-hybridized carbons (Fsp3) is 0.238. The molecule has 2 amide bonds. The number of hydrogen-bond acceptors (Lipinski definition) is 4. The minimum atomic E-state index is -0.805. The van der Waals surface area contributed by atoms with Crippen molar-refractivity contribution in [2.45, 2.75) is 26.9 Å². The quantitative estimate of drug-likeness (QED) is 0.591. The molecule has 2 aromatic rings. The molecule has 0 fully saturated rings. The molecular formula is C21H23FN2O4. The summed E-state index contributed by atoms with van der Waals surface area (Å²) in [6.45, 7) is 5.44. The van der Waals surface area contributed by atoms with Crippen LogP contribution < -0.4 is 20.3 Å². The number of amides is 2. The van der Waals surface area contributed by atoms with E-state index in [1.165, 1.54) is 31.4 Å². The zero-order chi connectivity index (χ0) is 20.7. The first kappa shape index (κ1) is 21.0. The molecule has 0 radical (unpaired) electrons. The Morgan fingerprint density at radius 2 is 1.86 bits per heavy atom. The number of carbonyl (C=O) groups is 2. The number of benzene rings is 2. The van der Waals surface area contributed by atoms with E-state index in [4.69, 9.17) is 9.47 Å². The average Bonchev–Trinajstić information content (AvgIpc) is 2.68. The van der Waals surface area contributed by atoms with E-state index in [0.29, 0.717) is 11.3 Å². The van der Waals surface area contributed by atoms with Crippen molar-refractivity contribution in [2.75, 3.05) is 7.11 Å². The number of carbonyl (C=O) groups excluding carboxylic acids is 2. The summed E-state index contributed by atoms with van der Waals surface area (Å²) in [5, 5.41) is 0. The van der Waals surface area contributed by atoms with Gasteiger partial charge in [-0.15, -0.1) is 0 Å². The van der Waals surface area contributed by atoms with Gasteiger partial charge in [0.2, 0.25) is 0 Å². The lowest BCUT2D eigenvalue weighted by Gasteiger charge is -2.17. The molecule has 0 heterocycles. The summed E-state index contributed by atoms with van der Waals surface area (Å²) >= 11 is 0. The van der Waals surface area contributed by atoms with Crippen LogP contribution >= 0.6 is 0 Å². The Balaban J connectivity index is 1.86. The Morgan fingerprint density at radius 3 is 2.54 bits per heavy atom. The number of rotatable bonds is 6. The van der Waals surface area contributed by atoms with E-state index < -0.39 is 23.7 Å². The first-order chi connectivity index (χ1) is 13.3. The molecule has 0 aliphatic heterocycles. The fourth-order valence-electron chi connectivity index (χ4n) is 2.32. The van der Waals surface area contributed by atoms with Crippen LogP contribution in [0.15, 0.2) is 42.5 Å². The van der Waals surface area contributed by atoms with Crippen LogP contribution in [0, 0.1) is 19.7 Å². The van der Waals surface area contributed by atoms with E-state index in [0.717, 1.165) is 11.1 Å². The zero-order valence-corrected chi connectivity index (χ0v) is 16.2. The van der Waals surface area contributed by atoms with Crippen molar-refractivity contribution in [3.63, 3.8) is 0 Å². The van der Waals surface area contributed by atoms with Crippen LogP contribution in [0.3, 0.4) is 0 Å². The Hall–Kier alpha value is -3.35. The first-order valence-corrected chi connectivity index (χ1v) is 8.66. The highest BCUT2D eigenvalue weighted by Crippen LogP contribution is 2.21. The molecule has 2 N–H and O–H groups in total. The maximum atomic E-state index is 13.6. The molecule has 1 atom stereocenters. The summed E-state index contributed by atoms with van der Waals surface area (Å²) in [6, 6.07) is 9.87. The Labute approximate surface area is 163 Å². The number of methoxy groups -OCH3 is 1. The first-order valence-electron chi connectivity index (χ1n) is 8.66. The van der Waals surface area contributed by atoms with Crippen LogP contribution in [-0.2, 0) is 9.59 Å². The van der Waals surface area contributed by atoms with Crippen LogP contribution in [0.5, 0.6) is 11.5 Å².